The number of nitrogens with one attached hydrogen (secondary N) is 1. The van der Waals surface area contributed by atoms with Crippen LogP contribution in [-0.2, 0) is 21.4 Å². The number of hydrogen-bond acceptors (Lipinski definition) is 8. The number of aryl methyl sites for hydroxylation is 1. The molecule has 1 amide bonds. The number of halogens is 2. The van der Waals surface area contributed by atoms with Crippen LogP contribution in [0.4, 0.5) is 15.3 Å². The van der Waals surface area contributed by atoms with Gasteiger partial charge in [0.2, 0.25) is 17.8 Å². The third kappa shape index (κ3) is 5.35. The maximum atomic E-state index is 13.1. The molecule has 12 heteroatoms. The van der Waals surface area contributed by atoms with Gasteiger partial charge < -0.3 is 16.8 Å². The van der Waals surface area contributed by atoms with Crippen molar-refractivity contribution in [1.82, 2.24) is 0 Å². The number of nitrogens with two attached hydrogens (primary N) is 2. The van der Waals surface area contributed by atoms with Crippen LogP contribution in [0, 0.1) is 0 Å². The van der Waals surface area contributed by atoms with Gasteiger partial charge in [0.15, 0.2) is 0 Å². The number of benzene rings is 2. The topological polar surface area (TPSA) is 143 Å². The van der Waals surface area contributed by atoms with E-state index in [0.29, 0.717) is 17.1 Å². The maximum Gasteiger partial charge on any atom is 0.332 e. The largest absolute Gasteiger partial charge is 0.369 e. The zero-order chi connectivity index (χ0) is 23.7. The van der Waals surface area contributed by atoms with Gasteiger partial charge in [0.05, 0.1) is 0 Å². The van der Waals surface area contributed by atoms with E-state index in [1.54, 1.807) is 23.1 Å². The second kappa shape index (κ2) is 8.75. The van der Waals surface area contributed by atoms with Gasteiger partial charge in [-0.2, -0.15) is 13.4 Å². The highest BCUT2D eigenvalue weighted by molar-refractivity contribution is 7.86. The first-order chi connectivity index (χ1) is 14.9. The van der Waals surface area contributed by atoms with E-state index in [1.165, 1.54) is 12.1 Å². The first kappa shape index (κ1) is 23.5. The van der Waals surface area contributed by atoms with E-state index < -0.39 is 20.8 Å². The van der Waals surface area contributed by atoms with E-state index in [2.05, 4.69) is 15.3 Å². The number of carbonyl (C=O) groups is 1. The number of aliphatic imine (C=N–C) groups is 2. The summed E-state index contributed by atoms with van der Waals surface area (Å²) in [6.45, 7) is 3.66. The van der Waals surface area contributed by atoms with Crippen molar-refractivity contribution in [1.29, 1.82) is 0 Å². The molecule has 170 valence electrons. The van der Waals surface area contributed by atoms with Gasteiger partial charge in [0, 0.05) is 22.8 Å². The van der Waals surface area contributed by atoms with Crippen LogP contribution in [-0.4, -0.2) is 31.9 Å². The summed E-state index contributed by atoms with van der Waals surface area (Å²) in [5.74, 6) is -0.104. The second-order valence-corrected chi connectivity index (χ2v) is 9.31. The molecule has 32 heavy (non-hydrogen) atoms. The highest BCUT2D eigenvalue weighted by Crippen LogP contribution is 2.31. The fourth-order valence-corrected chi connectivity index (χ4v) is 4.10. The predicted molar refractivity (Wildman–Crippen MR) is 123 cm³/mol. The molecule has 2 aromatic rings. The van der Waals surface area contributed by atoms with Crippen LogP contribution in [0.25, 0.3) is 0 Å². The monoisotopic (exact) mass is 480 g/mol. The number of amides is 1. The summed E-state index contributed by atoms with van der Waals surface area (Å²) in [6, 6.07) is 10.2. The molecule has 3 rings (SSSR count). The molecule has 1 aliphatic rings. The second-order valence-electron chi connectivity index (χ2n) is 7.56. The molecule has 1 heterocycles. The smallest absolute Gasteiger partial charge is 0.332 e. The lowest BCUT2D eigenvalue weighted by molar-refractivity contribution is -0.116. The number of carbonyl (C=O) groups excluding carboxylic acids is 1. The third-order valence-corrected chi connectivity index (χ3v) is 5.88. The van der Waals surface area contributed by atoms with Crippen LogP contribution in [0.15, 0.2) is 57.3 Å². The van der Waals surface area contributed by atoms with Crippen LogP contribution in [0.5, 0.6) is 0 Å². The highest BCUT2D eigenvalue weighted by atomic mass is 35.5. The van der Waals surface area contributed by atoms with Crippen molar-refractivity contribution in [3.8, 4) is 0 Å². The summed E-state index contributed by atoms with van der Waals surface area (Å²) >= 11 is 6.42. The molecular weight excluding hydrogens is 459 g/mol. The molecule has 0 bridgehead atoms. The average molecular weight is 481 g/mol. The van der Waals surface area contributed by atoms with Gasteiger partial charge in [-0.15, -0.1) is 3.89 Å². The zero-order valence-corrected chi connectivity index (χ0v) is 18.9. The van der Waals surface area contributed by atoms with E-state index in [9.17, 15) is 17.1 Å². The van der Waals surface area contributed by atoms with Crippen LogP contribution >= 0.6 is 11.6 Å². The summed E-state index contributed by atoms with van der Waals surface area (Å²) in [4.78, 5) is 21.7. The standard InChI is InChI=1S/C20H22ClFN6O3S/c1-20(2)27-18(23)26-19(24)28(20)14-8-6-12(16(21)11-14)7-9-17(29)25-13-4-3-5-15(10-13)32(22,30)31/h3-6,8,10-11H,7,9H2,1-2H3,(H,25,29)(H4,23,24,26,27). The van der Waals surface area contributed by atoms with Crippen molar-refractivity contribution < 1.29 is 17.1 Å². The fraction of sp³-hybridized carbons (Fsp3) is 0.250. The number of hydrogen-bond donors (Lipinski definition) is 3. The van der Waals surface area contributed by atoms with Gasteiger partial charge in [-0.05, 0) is 56.2 Å². The van der Waals surface area contributed by atoms with Crippen LogP contribution in [0.2, 0.25) is 5.02 Å². The van der Waals surface area contributed by atoms with E-state index in [4.69, 9.17) is 23.1 Å². The molecule has 0 unspecified atom stereocenters. The SMILES string of the molecule is CC1(C)N=C(N)N=C(N)N1c1ccc(CCC(=O)Nc2cccc(S(=O)(=O)F)c2)c(Cl)c1. The molecule has 9 nitrogen and oxygen atoms in total. The van der Waals surface area contributed by atoms with E-state index in [0.717, 1.165) is 17.7 Å². The minimum Gasteiger partial charge on any atom is -0.369 e. The van der Waals surface area contributed by atoms with Gasteiger partial charge in [-0.1, -0.05) is 23.7 Å². The van der Waals surface area contributed by atoms with E-state index in [-0.39, 0.29) is 29.9 Å². The Labute approximate surface area is 190 Å². The Hall–Kier alpha value is -3.18. The zero-order valence-electron chi connectivity index (χ0n) is 17.3. The van der Waals surface area contributed by atoms with Gasteiger partial charge in [0.25, 0.3) is 0 Å². The lowest BCUT2D eigenvalue weighted by atomic mass is 10.1. The lowest BCUT2D eigenvalue weighted by Gasteiger charge is -2.38. The van der Waals surface area contributed by atoms with Gasteiger partial charge in [-0.3, -0.25) is 9.69 Å². The molecule has 0 fully saturated rings. The van der Waals surface area contributed by atoms with Gasteiger partial charge >= 0.3 is 10.2 Å². The van der Waals surface area contributed by atoms with Gasteiger partial charge in [0.1, 0.15) is 10.6 Å². The van der Waals surface area contributed by atoms with Crippen molar-refractivity contribution in [2.45, 2.75) is 37.2 Å². The molecule has 1 aliphatic heterocycles. The number of anilines is 2. The number of nitrogens with zero attached hydrogens (tertiary/aromatic N) is 3. The summed E-state index contributed by atoms with van der Waals surface area (Å²) in [6.07, 6.45) is 0.398. The van der Waals surface area contributed by atoms with Crippen molar-refractivity contribution >= 4 is 51.0 Å². The third-order valence-electron chi connectivity index (χ3n) is 4.71. The Morgan fingerprint density at radius 2 is 1.94 bits per heavy atom. The molecule has 0 saturated carbocycles. The summed E-state index contributed by atoms with van der Waals surface area (Å²) in [5, 5.41) is 2.97. The highest BCUT2D eigenvalue weighted by Gasteiger charge is 2.33. The van der Waals surface area contributed by atoms with Crippen molar-refractivity contribution in [2.75, 3.05) is 10.2 Å². The molecule has 5 N–H and O–H groups in total. The van der Waals surface area contributed by atoms with Gasteiger partial charge in [-0.25, -0.2) is 4.99 Å². The molecule has 0 atom stereocenters. The minimum atomic E-state index is -4.86. The van der Waals surface area contributed by atoms with E-state index >= 15 is 0 Å². The average Bonchev–Trinajstić information content (AvgIpc) is 2.65. The Bertz CT molecular complexity index is 1230. The molecule has 0 aliphatic carbocycles. The Kier molecular flexibility index (Phi) is 6.42. The van der Waals surface area contributed by atoms with Crippen molar-refractivity contribution in [3.05, 3.63) is 53.1 Å². The van der Waals surface area contributed by atoms with Crippen LogP contribution in [0.1, 0.15) is 25.8 Å². The van der Waals surface area contributed by atoms with Crippen molar-refractivity contribution in [2.24, 2.45) is 21.5 Å². The van der Waals surface area contributed by atoms with Crippen molar-refractivity contribution in [3.63, 3.8) is 0 Å². The van der Waals surface area contributed by atoms with E-state index in [1.807, 2.05) is 13.8 Å². The quantitative estimate of drug-likeness (QED) is 0.542. The Morgan fingerprint density at radius 3 is 2.56 bits per heavy atom. The molecule has 0 spiro atoms. The van der Waals surface area contributed by atoms with Crippen LogP contribution in [0.3, 0.4) is 0 Å². The number of guanidine groups is 2. The molecule has 2 aromatic carbocycles. The first-order valence-electron chi connectivity index (χ1n) is 9.49. The Morgan fingerprint density at radius 1 is 1.22 bits per heavy atom. The predicted octanol–water partition coefficient (Wildman–Crippen LogP) is 2.76. The molecule has 0 aromatic heterocycles. The summed E-state index contributed by atoms with van der Waals surface area (Å²) in [5.41, 5.74) is 12.5. The fourth-order valence-electron chi connectivity index (χ4n) is 3.33. The maximum absolute atomic E-state index is 13.1. The molecule has 0 saturated heterocycles. The Balaban J connectivity index is 1.68. The summed E-state index contributed by atoms with van der Waals surface area (Å²) < 4.78 is 35.1. The molecular formula is C20H22ClFN6O3S. The van der Waals surface area contributed by atoms with Crippen LogP contribution < -0.4 is 21.7 Å². The number of rotatable bonds is 6. The lowest BCUT2D eigenvalue weighted by Crippen LogP contribution is -2.54. The normalized spacial score (nSPS) is 15.7. The summed E-state index contributed by atoms with van der Waals surface area (Å²) in [7, 11) is -4.86. The minimum absolute atomic E-state index is 0.0747. The first-order valence-corrected chi connectivity index (χ1v) is 11.3. The molecule has 0 radical (unpaired) electrons.